The van der Waals surface area contributed by atoms with Crippen molar-refractivity contribution in [3.05, 3.63) is 29.7 Å². The van der Waals surface area contributed by atoms with Crippen LogP contribution >= 0.6 is 0 Å². The molecule has 6 nitrogen and oxygen atoms in total. The number of rotatable bonds is 2. The van der Waals surface area contributed by atoms with Crippen molar-refractivity contribution >= 4 is 15.7 Å². The first kappa shape index (κ1) is 14.0. The van der Waals surface area contributed by atoms with Crippen molar-refractivity contribution in [1.29, 1.82) is 0 Å². The summed E-state index contributed by atoms with van der Waals surface area (Å²) in [6, 6.07) is 2.58. The molecule has 0 saturated carbocycles. The van der Waals surface area contributed by atoms with Crippen LogP contribution in [0.4, 0.5) is 10.2 Å². The second kappa shape index (κ2) is 4.80. The quantitative estimate of drug-likeness (QED) is 0.903. The number of hydrogen-bond acceptors (Lipinski definition) is 5. The summed E-state index contributed by atoms with van der Waals surface area (Å²) >= 11 is 0. The third-order valence-electron chi connectivity index (χ3n) is 3.72. The molecule has 1 saturated heterocycles. The van der Waals surface area contributed by atoms with Crippen molar-refractivity contribution < 1.29 is 12.8 Å². The van der Waals surface area contributed by atoms with E-state index in [-0.39, 0.29) is 17.5 Å². The molecule has 0 amide bonds. The molecule has 0 aromatic carbocycles. The number of nitrogen functional groups attached to an aromatic ring is 1. The van der Waals surface area contributed by atoms with Crippen molar-refractivity contribution in [3.63, 3.8) is 0 Å². The van der Waals surface area contributed by atoms with Crippen LogP contribution in [0, 0.1) is 12.7 Å². The van der Waals surface area contributed by atoms with Gasteiger partial charge in [-0.15, -0.1) is 0 Å². The predicted molar refractivity (Wildman–Crippen MR) is 76.9 cm³/mol. The second-order valence-corrected chi connectivity index (χ2v) is 7.45. The number of pyridine rings is 1. The van der Waals surface area contributed by atoms with Crippen molar-refractivity contribution in [2.24, 2.45) is 0 Å². The molecule has 2 aromatic heterocycles. The average molecular weight is 310 g/mol. The SMILES string of the molecule is Cc1c(-c2ccc(F)cn2)nn(C2CCS(=O)(=O)C2)c1N. The van der Waals surface area contributed by atoms with Gasteiger partial charge in [0, 0.05) is 5.56 Å². The van der Waals surface area contributed by atoms with Gasteiger partial charge < -0.3 is 5.73 Å². The molecule has 8 heteroatoms. The van der Waals surface area contributed by atoms with Gasteiger partial charge in [-0.3, -0.25) is 4.98 Å². The molecule has 0 radical (unpaired) electrons. The monoisotopic (exact) mass is 310 g/mol. The van der Waals surface area contributed by atoms with Crippen LogP contribution in [-0.2, 0) is 9.84 Å². The van der Waals surface area contributed by atoms with Crippen molar-refractivity contribution in [2.75, 3.05) is 17.2 Å². The molecule has 0 bridgehead atoms. The van der Waals surface area contributed by atoms with Crippen LogP contribution in [0.5, 0.6) is 0 Å². The molecule has 21 heavy (non-hydrogen) atoms. The average Bonchev–Trinajstić information content (AvgIpc) is 2.93. The molecule has 0 aliphatic carbocycles. The standard InChI is InChI=1S/C13H15FN4O2S/c1-8-12(11-3-2-9(14)6-16-11)17-18(13(8)15)10-4-5-21(19,20)7-10/h2-3,6,10H,4-5,7,15H2,1H3. The molecule has 1 atom stereocenters. The van der Waals surface area contributed by atoms with Crippen LogP contribution in [0.25, 0.3) is 11.4 Å². The third-order valence-corrected chi connectivity index (χ3v) is 5.47. The van der Waals surface area contributed by atoms with Gasteiger partial charge >= 0.3 is 0 Å². The van der Waals surface area contributed by atoms with E-state index in [1.165, 1.54) is 12.1 Å². The van der Waals surface area contributed by atoms with E-state index in [0.717, 1.165) is 11.8 Å². The first-order valence-corrected chi connectivity index (χ1v) is 8.36. The molecule has 1 fully saturated rings. The molecular formula is C13H15FN4O2S. The van der Waals surface area contributed by atoms with E-state index < -0.39 is 15.7 Å². The maximum atomic E-state index is 12.9. The Bertz CT molecular complexity index is 783. The predicted octanol–water partition coefficient (Wildman–Crippen LogP) is 1.33. The van der Waals surface area contributed by atoms with Crippen molar-refractivity contribution in [3.8, 4) is 11.4 Å². The van der Waals surface area contributed by atoms with Gasteiger partial charge in [-0.2, -0.15) is 5.10 Å². The molecule has 112 valence electrons. The summed E-state index contributed by atoms with van der Waals surface area (Å²) < 4.78 is 37.7. The summed E-state index contributed by atoms with van der Waals surface area (Å²) in [6.07, 6.45) is 1.62. The third kappa shape index (κ3) is 2.51. The smallest absolute Gasteiger partial charge is 0.152 e. The van der Waals surface area contributed by atoms with E-state index in [2.05, 4.69) is 10.1 Å². The molecule has 1 unspecified atom stereocenters. The normalized spacial score (nSPS) is 20.8. The minimum absolute atomic E-state index is 0.0502. The number of aromatic nitrogens is 3. The van der Waals surface area contributed by atoms with E-state index in [4.69, 9.17) is 5.73 Å². The van der Waals surface area contributed by atoms with Gasteiger partial charge in [0.1, 0.15) is 17.3 Å². The summed E-state index contributed by atoms with van der Waals surface area (Å²) in [7, 11) is -3.02. The lowest BCUT2D eigenvalue weighted by Gasteiger charge is -2.10. The lowest BCUT2D eigenvalue weighted by molar-refractivity contribution is 0.508. The summed E-state index contributed by atoms with van der Waals surface area (Å²) in [6.45, 7) is 1.79. The molecule has 3 rings (SSSR count). The maximum absolute atomic E-state index is 12.9. The van der Waals surface area contributed by atoms with Crippen LogP contribution in [0.3, 0.4) is 0 Å². The maximum Gasteiger partial charge on any atom is 0.152 e. The van der Waals surface area contributed by atoms with Crippen LogP contribution in [0.2, 0.25) is 0 Å². The fraction of sp³-hybridized carbons (Fsp3) is 0.385. The van der Waals surface area contributed by atoms with Crippen molar-refractivity contribution in [2.45, 2.75) is 19.4 Å². The van der Waals surface area contributed by atoms with Crippen molar-refractivity contribution in [1.82, 2.24) is 14.8 Å². The Morgan fingerprint density at radius 3 is 2.76 bits per heavy atom. The van der Waals surface area contributed by atoms with Crippen LogP contribution in [0.1, 0.15) is 18.0 Å². The van der Waals surface area contributed by atoms with Gasteiger partial charge in [-0.1, -0.05) is 0 Å². The minimum atomic E-state index is -3.02. The molecule has 3 heterocycles. The number of halogens is 1. The highest BCUT2D eigenvalue weighted by Gasteiger charge is 2.32. The Balaban J connectivity index is 2.02. The molecule has 2 N–H and O–H groups in total. The zero-order valence-electron chi connectivity index (χ0n) is 11.5. The Morgan fingerprint density at radius 1 is 1.43 bits per heavy atom. The number of nitrogens with two attached hydrogens (primary N) is 1. The largest absolute Gasteiger partial charge is 0.384 e. The minimum Gasteiger partial charge on any atom is -0.384 e. The highest BCUT2D eigenvalue weighted by molar-refractivity contribution is 7.91. The zero-order chi connectivity index (χ0) is 15.2. The van der Waals surface area contributed by atoms with Gasteiger partial charge in [-0.25, -0.2) is 17.5 Å². The fourth-order valence-electron chi connectivity index (χ4n) is 2.54. The van der Waals surface area contributed by atoms with E-state index >= 15 is 0 Å². The first-order chi connectivity index (χ1) is 9.87. The van der Waals surface area contributed by atoms with E-state index in [1.807, 2.05) is 0 Å². The molecule has 1 aliphatic rings. The number of nitrogens with zero attached hydrogens (tertiary/aromatic N) is 3. The topological polar surface area (TPSA) is 90.9 Å². The Kier molecular flexibility index (Phi) is 3.20. The fourth-order valence-corrected chi connectivity index (χ4v) is 4.23. The Morgan fingerprint density at radius 2 is 2.19 bits per heavy atom. The van der Waals surface area contributed by atoms with Crippen LogP contribution < -0.4 is 5.73 Å². The highest BCUT2D eigenvalue weighted by Crippen LogP contribution is 2.31. The van der Waals surface area contributed by atoms with Crippen LogP contribution in [0.15, 0.2) is 18.3 Å². The van der Waals surface area contributed by atoms with E-state index in [9.17, 15) is 12.8 Å². The Hall–Kier alpha value is -1.96. The van der Waals surface area contributed by atoms with Gasteiger partial charge in [0.25, 0.3) is 0 Å². The van der Waals surface area contributed by atoms with Crippen LogP contribution in [-0.4, -0.2) is 34.7 Å². The van der Waals surface area contributed by atoms with Gasteiger partial charge in [-0.05, 0) is 25.5 Å². The summed E-state index contributed by atoms with van der Waals surface area (Å²) in [4.78, 5) is 3.99. The van der Waals surface area contributed by atoms with E-state index in [1.54, 1.807) is 11.6 Å². The first-order valence-electron chi connectivity index (χ1n) is 6.54. The number of sulfone groups is 1. The van der Waals surface area contributed by atoms with Gasteiger partial charge in [0.05, 0.1) is 29.4 Å². The van der Waals surface area contributed by atoms with Gasteiger partial charge in [0.2, 0.25) is 0 Å². The number of anilines is 1. The lowest BCUT2D eigenvalue weighted by Crippen LogP contribution is -2.14. The van der Waals surface area contributed by atoms with E-state index in [0.29, 0.717) is 23.6 Å². The highest BCUT2D eigenvalue weighted by atomic mass is 32.2. The molecule has 0 spiro atoms. The molecular weight excluding hydrogens is 295 g/mol. The molecule has 1 aliphatic heterocycles. The summed E-state index contributed by atoms with van der Waals surface area (Å²) in [5, 5.41) is 4.40. The summed E-state index contributed by atoms with van der Waals surface area (Å²) in [5.74, 6) is 0.207. The zero-order valence-corrected chi connectivity index (χ0v) is 12.3. The van der Waals surface area contributed by atoms with Gasteiger partial charge in [0.15, 0.2) is 9.84 Å². The summed E-state index contributed by atoms with van der Waals surface area (Å²) in [5.41, 5.74) is 7.83. The molecule has 2 aromatic rings. The number of hydrogen-bond donors (Lipinski definition) is 1. The lowest BCUT2D eigenvalue weighted by atomic mass is 10.2. The Labute approximate surface area is 121 Å². The second-order valence-electron chi connectivity index (χ2n) is 5.22.